The number of nitrogens with one attached hydrogen (secondary N) is 1. The lowest BCUT2D eigenvalue weighted by atomic mass is 10.1. The lowest BCUT2D eigenvalue weighted by Crippen LogP contribution is -2.14. The molecular weight excluding hydrogens is 338 g/mol. The van der Waals surface area contributed by atoms with E-state index in [2.05, 4.69) is 10.4 Å². The van der Waals surface area contributed by atoms with Crippen molar-refractivity contribution in [3.8, 4) is 11.3 Å². The van der Waals surface area contributed by atoms with Gasteiger partial charge >= 0.3 is 0 Å². The summed E-state index contributed by atoms with van der Waals surface area (Å²) in [6, 6.07) is 11.8. The molecule has 0 aliphatic heterocycles. The zero-order valence-corrected chi connectivity index (χ0v) is 15.8. The zero-order chi connectivity index (χ0) is 19.1. The van der Waals surface area contributed by atoms with Crippen LogP contribution in [-0.4, -0.2) is 25.1 Å². The number of carbonyl (C=O) groups excluding carboxylic acids is 1. The maximum absolute atomic E-state index is 12.7. The first kappa shape index (κ1) is 17.0. The highest BCUT2D eigenvalue weighted by atomic mass is 16.1. The Morgan fingerprint density at radius 2 is 1.93 bits per heavy atom. The molecule has 1 N–H and O–H groups in total. The summed E-state index contributed by atoms with van der Waals surface area (Å²) in [7, 11) is 1.84. The molecule has 0 spiro atoms. The molecule has 0 atom stereocenters. The van der Waals surface area contributed by atoms with E-state index in [1.807, 2.05) is 81.0 Å². The molecule has 0 saturated carbocycles. The van der Waals surface area contributed by atoms with E-state index in [4.69, 9.17) is 4.98 Å². The summed E-state index contributed by atoms with van der Waals surface area (Å²) < 4.78 is 3.73. The van der Waals surface area contributed by atoms with Gasteiger partial charge in [-0.25, -0.2) is 4.98 Å². The summed E-state index contributed by atoms with van der Waals surface area (Å²) in [5, 5.41) is 7.30. The first-order valence-electron chi connectivity index (χ1n) is 8.80. The van der Waals surface area contributed by atoms with Crippen molar-refractivity contribution < 1.29 is 4.79 Å². The van der Waals surface area contributed by atoms with Crippen LogP contribution in [0.2, 0.25) is 0 Å². The second kappa shape index (κ2) is 6.39. The van der Waals surface area contributed by atoms with Crippen LogP contribution in [0.3, 0.4) is 0 Å². The number of hydrogen-bond acceptors (Lipinski definition) is 3. The van der Waals surface area contributed by atoms with Gasteiger partial charge in [0.15, 0.2) is 0 Å². The average molecular weight is 359 g/mol. The van der Waals surface area contributed by atoms with E-state index in [1.165, 1.54) is 0 Å². The third-order valence-corrected chi connectivity index (χ3v) is 4.83. The smallest absolute Gasteiger partial charge is 0.259 e. The van der Waals surface area contributed by atoms with Crippen molar-refractivity contribution in [1.82, 2.24) is 19.2 Å². The van der Waals surface area contributed by atoms with Crippen LogP contribution < -0.4 is 5.32 Å². The van der Waals surface area contributed by atoms with Crippen LogP contribution in [-0.2, 0) is 7.05 Å². The monoisotopic (exact) mass is 359 g/mol. The predicted octanol–water partition coefficient (Wildman–Crippen LogP) is 3.91. The minimum Gasteiger partial charge on any atom is -0.322 e. The second-order valence-electron chi connectivity index (χ2n) is 6.75. The van der Waals surface area contributed by atoms with Gasteiger partial charge in [0.25, 0.3) is 5.91 Å². The van der Waals surface area contributed by atoms with Crippen LogP contribution in [0.15, 0.2) is 48.8 Å². The maximum Gasteiger partial charge on any atom is 0.259 e. The molecule has 1 amide bonds. The van der Waals surface area contributed by atoms with Crippen LogP contribution in [0.4, 0.5) is 5.69 Å². The molecule has 3 aromatic heterocycles. The normalized spacial score (nSPS) is 11.1. The molecule has 27 heavy (non-hydrogen) atoms. The molecule has 0 aliphatic rings. The van der Waals surface area contributed by atoms with E-state index in [1.54, 1.807) is 4.68 Å². The van der Waals surface area contributed by atoms with Crippen molar-refractivity contribution in [3.05, 3.63) is 71.3 Å². The van der Waals surface area contributed by atoms with E-state index < -0.39 is 0 Å². The fourth-order valence-electron chi connectivity index (χ4n) is 3.34. The van der Waals surface area contributed by atoms with Gasteiger partial charge in [-0.05, 0) is 44.5 Å². The van der Waals surface area contributed by atoms with Gasteiger partial charge in [0.05, 0.1) is 17.0 Å². The highest BCUT2D eigenvalue weighted by molar-refractivity contribution is 6.06. The molecule has 3 heterocycles. The highest BCUT2D eigenvalue weighted by Crippen LogP contribution is 2.24. The van der Waals surface area contributed by atoms with Gasteiger partial charge in [0.1, 0.15) is 5.65 Å². The lowest BCUT2D eigenvalue weighted by Gasteiger charge is -2.07. The van der Waals surface area contributed by atoms with Gasteiger partial charge in [-0.3, -0.25) is 9.48 Å². The summed E-state index contributed by atoms with van der Waals surface area (Å²) in [6.07, 6.45) is 3.98. The Balaban J connectivity index is 1.66. The molecule has 136 valence electrons. The van der Waals surface area contributed by atoms with Crippen LogP contribution in [0.1, 0.15) is 27.3 Å². The van der Waals surface area contributed by atoms with E-state index in [-0.39, 0.29) is 5.91 Å². The Kier molecular flexibility index (Phi) is 4.03. The standard InChI is InChI=1S/C21H21N5O/c1-13-7-6-10-26-12-18(23-20(13)26)16-8-5-9-17(11-16)22-21(27)19-14(2)24-25(4)15(19)3/h5-12H,1-4H3,(H,22,27). The summed E-state index contributed by atoms with van der Waals surface area (Å²) >= 11 is 0. The number of fused-ring (bicyclic) bond motifs is 1. The quantitative estimate of drug-likeness (QED) is 0.603. The fraction of sp³-hybridized carbons (Fsp3) is 0.190. The number of benzene rings is 1. The largest absolute Gasteiger partial charge is 0.322 e. The Morgan fingerprint density at radius 3 is 2.63 bits per heavy atom. The van der Waals surface area contributed by atoms with Crippen molar-refractivity contribution in [2.45, 2.75) is 20.8 Å². The van der Waals surface area contributed by atoms with Crippen LogP contribution in [0.25, 0.3) is 16.9 Å². The number of imidazole rings is 1. The van der Waals surface area contributed by atoms with Crippen LogP contribution in [0, 0.1) is 20.8 Å². The Morgan fingerprint density at radius 1 is 1.11 bits per heavy atom. The maximum atomic E-state index is 12.7. The van der Waals surface area contributed by atoms with Crippen molar-refractivity contribution >= 4 is 17.2 Å². The van der Waals surface area contributed by atoms with Crippen molar-refractivity contribution in [2.75, 3.05) is 5.32 Å². The molecular formula is C21H21N5O. The number of aromatic nitrogens is 4. The zero-order valence-electron chi connectivity index (χ0n) is 15.8. The predicted molar refractivity (Wildman–Crippen MR) is 106 cm³/mol. The molecule has 1 aromatic carbocycles. The SMILES string of the molecule is Cc1nn(C)c(C)c1C(=O)Nc1cccc(-c2cn3cccc(C)c3n2)c1. The lowest BCUT2D eigenvalue weighted by molar-refractivity contribution is 0.102. The number of hydrogen-bond donors (Lipinski definition) is 1. The number of aryl methyl sites for hydroxylation is 3. The molecule has 0 bridgehead atoms. The molecule has 0 unspecified atom stereocenters. The van der Waals surface area contributed by atoms with Gasteiger partial charge in [-0.2, -0.15) is 5.10 Å². The number of carbonyl (C=O) groups is 1. The van der Waals surface area contributed by atoms with Gasteiger partial charge in [-0.15, -0.1) is 0 Å². The van der Waals surface area contributed by atoms with E-state index in [0.717, 1.165) is 39.5 Å². The summed E-state index contributed by atoms with van der Waals surface area (Å²) in [6.45, 7) is 5.78. The molecule has 0 aliphatic carbocycles. The summed E-state index contributed by atoms with van der Waals surface area (Å²) in [5.41, 5.74) is 6.79. The van der Waals surface area contributed by atoms with E-state index in [9.17, 15) is 4.79 Å². The fourth-order valence-corrected chi connectivity index (χ4v) is 3.34. The van der Waals surface area contributed by atoms with E-state index >= 15 is 0 Å². The molecule has 4 aromatic rings. The molecule has 4 rings (SSSR count). The van der Waals surface area contributed by atoms with Gasteiger partial charge in [-0.1, -0.05) is 18.2 Å². The third kappa shape index (κ3) is 2.99. The molecule has 0 radical (unpaired) electrons. The molecule has 6 nitrogen and oxygen atoms in total. The highest BCUT2D eigenvalue weighted by Gasteiger charge is 2.17. The van der Waals surface area contributed by atoms with Gasteiger partial charge in [0.2, 0.25) is 0 Å². The Bertz CT molecular complexity index is 1170. The minimum absolute atomic E-state index is 0.152. The first-order chi connectivity index (χ1) is 12.9. The molecule has 0 saturated heterocycles. The Hall–Kier alpha value is -3.41. The number of rotatable bonds is 3. The van der Waals surface area contributed by atoms with Crippen molar-refractivity contribution in [2.24, 2.45) is 7.05 Å². The average Bonchev–Trinajstić information content (AvgIpc) is 3.17. The molecule has 6 heteroatoms. The number of pyridine rings is 1. The summed E-state index contributed by atoms with van der Waals surface area (Å²) in [5.74, 6) is -0.152. The first-order valence-corrected chi connectivity index (χ1v) is 8.80. The topological polar surface area (TPSA) is 64.2 Å². The summed E-state index contributed by atoms with van der Waals surface area (Å²) in [4.78, 5) is 17.4. The number of nitrogens with zero attached hydrogens (tertiary/aromatic N) is 4. The third-order valence-electron chi connectivity index (χ3n) is 4.83. The Labute approximate surface area is 157 Å². The minimum atomic E-state index is -0.152. The van der Waals surface area contributed by atoms with Crippen molar-refractivity contribution in [3.63, 3.8) is 0 Å². The molecule has 0 fully saturated rings. The second-order valence-corrected chi connectivity index (χ2v) is 6.75. The number of amides is 1. The van der Waals surface area contributed by atoms with Gasteiger partial charge < -0.3 is 9.72 Å². The van der Waals surface area contributed by atoms with Crippen molar-refractivity contribution in [1.29, 1.82) is 0 Å². The number of anilines is 1. The van der Waals surface area contributed by atoms with Gasteiger partial charge in [0, 0.05) is 36.4 Å². The van der Waals surface area contributed by atoms with E-state index in [0.29, 0.717) is 5.56 Å². The van der Waals surface area contributed by atoms with Crippen LogP contribution >= 0.6 is 0 Å². The van der Waals surface area contributed by atoms with Crippen LogP contribution in [0.5, 0.6) is 0 Å².